The van der Waals surface area contributed by atoms with Crippen LogP contribution in [0.25, 0.3) is 0 Å². The molecule has 28 heavy (non-hydrogen) atoms. The molecule has 0 aliphatic heterocycles. The van der Waals surface area contributed by atoms with Gasteiger partial charge in [0.25, 0.3) is 0 Å². The molecule has 0 spiro atoms. The van der Waals surface area contributed by atoms with Gasteiger partial charge in [-0.1, -0.05) is 41.9 Å². The summed E-state index contributed by atoms with van der Waals surface area (Å²) in [6.45, 7) is -0.497. The summed E-state index contributed by atoms with van der Waals surface area (Å²) in [4.78, 5) is 0. The molecule has 5 nitrogen and oxygen atoms in total. The summed E-state index contributed by atoms with van der Waals surface area (Å²) in [5.74, 6) is 0.524. The largest absolute Gasteiger partial charge is 0.433 e. The second-order valence-electron chi connectivity index (χ2n) is 5.87. The molecular weight excluding hydrogens is 406 g/mol. The van der Waals surface area contributed by atoms with Crippen LogP contribution in [0.1, 0.15) is 11.3 Å². The lowest BCUT2D eigenvalue weighted by molar-refractivity contribution is -0.0493. The molecule has 9 heteroatoms. The highest BCUT2D eigenvalue weighted by molar-refractivity contribution is 7.80. The van der Waals surface area contributed by atoms with Crippen LogP contribution in [0.15, 0.2) is 54.6 Å². The number of alkyl halides is 2. The summed E-state index contributed by atoms with van der Waals surface area (Å²) >= 11 is 11.5. The third-order valence-electron chi connectivity index (χ3n) is 3.85. The molecule has 0 amide bonds. The van der Waals surface area contributed by atoms with E-state index in [0.29, 0.717) is 23.1 Å². The lowest BCUT2D eigenvalue weighted by Crippen LogP contribution is -2.20. The summed E-state index contributed by atoms with van der Waals surface area (Å²) in [5.41, 5.74) is 2.18. The van der Waals surface area contributed by atoms with E-state index in [4.69, 9.17) is 23.8 Å². The molecule has 0 bridgehead atoms. The number of aromatic nitrogens is 2. The Bertz CT molecular complexity index is 980. The van der Waals surface area contributed by atoms with Crippen molar-refractivity contribution in [2.24, 2.45) is 0 Å². The molecular formula is C19H17ClF2N4OS. The number of para-hydroxylation sites is 2. The molecule has 0 radical (unpaired) electrons. The third-order valence-corrected chi connectivity index (χ3v) is 4.42. The Kier molecular flexibility index (Phi) is 6.43. The lowest BCUT2D eigenvalue weighted by atomic mass is 10.2. The van der Waals surface area contributed by atoms with Crippen LogP contribution in [-0.2, 0) is 6.54 Å². The fraction of sp³-hybridized carbons (Fsp3) is 0.158. The van der Waals surface area contributed by atoms with Gasteiger partial charge in [0.1, 0.15) is 5.75 Å². The van der Waals surface area contributed by atoms with Gasteiger partial charge in [-0.3, -0.25) is 4.68 Å². The molecule has 1 aromatic heterocycles. The maximum absolute atomic E-state index is 12.5. The van der Waals surface area contributed by atoms with Gasteiger partial charge in [0, 0.05) is 16.8 Å². The van der Waals surface area contributed by atoms with E-state index in [1.165, 1.54) is 6.07 Å². The van der Waals surface area contributed by atoms with Crippen LogP contribution in [0.4, 0.5) is 20.3 Å². The van der Waals surface area contributed by atoms with Crippen molar-refractivity contribution in [1.29, 1.82) is 0 Å². The van der Waals surface area contributed by atoms with Crippen molar-refractivity contribution in [3.05, 3.63) is 70.9 Å². The molecule has 0 atom stereocenters. The quantitative estimate of drug-likeness (QED) is 0.528. The molecule has 1 heterocycles. The first-order valence-electron chi connectivity index (χ1n) is 8.32. The molecule has 3 rings (SSSR count). The van der Waals surface area contributed by atoms with Crippen LogP contribution in [0.2, 0.25) is 5.02 Å². The number of benzene rings is 2. The van der Waals surface area contributed by atoms with Crippen molar-refractivity contribution in [2.75, 3.05) is 10.6 Å². The average Bonchev–Trinajstić information content (AvgIpc) is 2.97. The number of hydrogen-bond donors (Lipinski definition) is 2. The SMILES string of the molecule is Cc1cc(NC(=S)Nc2ccccc2OC(F)F)nn1Cc1ccccc1Cl. The Balaban J connectivity index is 1.68. The molecule has 0 unspecified atom stereocenters. The highest BCUT2D eigenvalue weighted by Crippen LogP contribution is 2.25. The van der Waals surface area contributed by atoms with Gasteiger partial charge in [-0.05, 0) is 42.9 Å². The van der Waals surface area contributed by atoms with Crippen LogP contribution in [0, 0.1) is 6.92 Å². The normalized spacial score (nSPS) is 10.8. The van der Waals surface area contributed by atoms with Gasteiger partial charge >= 0.3 is 6.61 Å². The van der Waals surface area contributed by atoms with E-state index < -0.39 is 6.61 Å². The Morgan fingerprint density at radius 1 is 1.18 bits per heavy atom. The van der Waals surface area contributed by atoms with Crippen molar-refractivity contribution >= 4 is 40.4 Å². The Morgan fingerprint density at radius 2 is 1.89 bits per heavy atom. The average molecular weight is 423 g/mol. The van der Waals surface area contributed by atoms with Crippen LogP contribution in [0.3, 0.4) is 0 Å². The number of halogens is 3. The zero-order valence-corrected chi connectivity index (χ0v) is 16.4. The number of rotatable bonds is 6. The smallest absolute Gasteiger partial charge is 0.387 e. The van der Waals surface area contributed by atoms with Crippen LogP contribution in [0.5, 0.6) is 5.75 Å². The van der Waals surface area contributed by atoms with Gasteiger partial charge in [-0.2, -0.15) is 13.9 Å². The summed E-state index contributed by atoms with van der Waals surface area (Å²) in [5, 5.41) is 11.1. The van der Waals surface area contributed by atoms with Crippen molar-refractivity contribution in [3.63, 3.8) is 0 Å². The van der Waals surface area contributed by atoms with Gasteiger partial charge < -0.3 is 15.4 Å². The van der Waals surface area contributed by atoms with E-state index in [2.05, 4.69) is 20.5 Å². The predicted molar refractivity (Wildman–Crippen MR) is 110 cm³/mol. The number of ether oxygens (including phenoxy) is 1. The van der Waals surface area contributed by atoms with Crippen molar-refractivity contribution in [2.45, 2.75) is 20.1 Å². The van der Waals surface area contributed by atoms with Gasteiger partial charge in [0.05, 0.1) is 12.2 Å². The van der Waals surface area contributed by atoms with Gasteiger partial charge in [-0.15, -0.1) is 0 Å². The molecule has 2 aromatic carbocycles. The first-order valence-corrected chi connectivity index (χ1v) is 9.10. The predicted octanol–water partition coefficient (Wildman–Crippen LogP) is 5.30. The third kappa shape index (κ3) is 5.17. The molecule has 0 saturated carbocycles. The maximum Gasteiger partial charge on any atom is 0.387 e. The number of thiocarbonyl (C=S) groups is 1. The van der Waals surface area contributed by atoms with Gasteiger partial charge in [0.15, 0.2) is 10.9 Å². The number of hydrogen-bond acceptors (Lipinski definition) is 3. The molecule has 2 N–H and O–H groups in total. The number of nitrogens with zero attached hydrogens (tertiary/aromatic N) is 2. The summed E-state index contributed by atoms with van der Waals surface area (Å²) in [6, 6.07) is 15.7. The Morgan fingerprint density at radius 3 is 2.64 bits per heavy atom. The topological polar surface area (TPSA) is 51.1 Å². The number of nitrogens with one attached hydrogen (secondary N) is 2. The molecule has 0 fully saturated rings. The highest BCUT2D eigenvalue weighted by atomic mass is 35.5. The molecule has 146 valence electrons. The minimum atomic E-state index is -2.92. The highest BCUT2D eigenvalue weighted by Gasteiger charge is 2.12. The zero-order chi connectivity index (χ0) is 20.1. The standard InChI is InChI=1S/C19H17ClF2N4OS/c1-12-10-17(25-26(12)11-13-6-2-3-7-14(13)20)24-19(28)23-15-8-4-5-9-16(15)27-18(21)22/h2-10,18H,11H2,1H3,(H2,23,24,25,28). The van der Waals surface area contributed by atoms with E-state index in [9.17, 15) is 8.78 Å². The van der Waals surface area contributed by atoms with Gasteiger partial charge in [0.2, 0.25) is 0 Å². The van der Waals surface area contributed by atoms with E-state index in [0.717, 1.165) is 11.3 Å². The zero-order valence-electron chi connectivity index (χ0n) is 14.8. The fourth-order valence-electron chi connectivity index (χ4n) is 2.56. The van der Waals surface area contributed by atoms with E-state index in [1.54, 1.807) is 22.9 Å². The van der Waals surface area contributed by atoms with Crippen molar-refractivity contribution in [3.8, 4) is 5.75 Å². The second-order valence-corrected chi connectivity index (χ2v) is 6.69. The second kappa shape index (κ2) is 8.99. The number of aryl methyl sites for hydroxylation is 1. The minimum Gasteiger partial charge on any atom is -0.433 e. The fourth-order valence-corrected chi connectivity index (χ4v) is 2.97. The van der Waals surface area contributed by atoms with Crippen molar-refractivity contribution < 1.29 is 13.5 Å². The molecule has 0 aliphatic carbocycles. The monoisotopic (exact) mass is 422 g/mol. The summed E-state index contributed by atoms with van der Waals surface area (Å²) in [6.07, 6.45) is 0. The maximum atomic E-state index is 12.5. The lowest BCUT2D eigenvalue weighted by Gasteiger charge is -2.13. The van der Waals surface area contributed by atoms with E-state index in [-0.39, 0.29) is 10.9 Å². The van der Waals surface area contributed by atoms with Crippen LogP contribution >= 0.6 is 23.8 Å². The van der Waals surface area contributed by atoms with Crippen LogP contribution in [-0.4, -0.2) is 21.5 Å². The number of anilines is 2. The minimum absolute atomic E-state index is 0.00193. The Hall–Kier alpha value is -2.71. The summed E-state index contributed by atoms with van der Waals surface area (Å²) in [7, 11) is 0. The van der Waals surface area contributed by atoms with Crippen LogP contribution < -0.4 is 15.4 Å². The molecule has 0 saturated heterocycles. The first kappa shape index (κ1) is 20.0. The van der Waals surface area contributed by atoms with E-state index in [1.807, 2.05) is 37.3 Å². The summed E-state index contributed by atoms with van der Waals surface area (Å²) < 4.78 is 31.3. The van der Waals surface area contributed by atoms with Gasteiger partial charge in [-0.25, -0.2) is 0 Å². The molecule has 0 aliphatic rings. The Labute approximate surface area is 171 Å². The molecule has 3 aromatic rings. The van der Waals surface area contributed by atoms with Crippen molar-refractivity contribution in [1.82, 2.24) is 9.78 Å². The first-order chi connectivity index (χ1) is 13.4. The van der Waals surface area contributed by atoms with E-state index >= 15 is 0 Å².